The number of sulfone groups is 1. The van der Waals surface area contributed by atoms with Gasteiger partial charge in [0.05, 0.1) is 22.6 Å². The molecule has 5 nitrogen and oxygen atoms in total. The number of amides is 1. The minimum Gasteiger partial charge on any atom is -0.315 e. The Hall–Kier alpha value is -0.830. The molecule has 23 heavy (non-hydrogen) atoms. The second-order valence-corrected chi connectivity index (χ2v) is 9.23. The van der Waals surface area contributed by atoms with E-state index in [0.717, 1.165) is 0 Å². The monoisotopic (exact) mass is 396 g/mol. The number of aliphatic imine (C=N–C) groups is 1. The van der Waals surface area contributed by atoms with Gasteiger partial charge in [0.1, 0.15) is 11.7 Å². The van der Waals surface area contributed by atoms with Crippen molar-refractivity contribution in [1.82, 2.24) is 0 Å². The molecule has 1 amide bonds. The van der Waals surface area contributed by atoms with Crippen LogP contribution in [0.3, 0.4) is 0 Å². The largest absolute Gasteiger partial charge is 0.315 e. The molecule has 1 aromatic carbocycles. The Morgan fingerprint density at radius 2 is 2.17 bits per heavy atom. The quantitative estimate of drug-likeness (QED) is 0.717. The predicted molar refractivity (Wildman–Crippen MR) is 90.9 cm³/mol. The van der Waals surface area contributed by atoms with Crippen molar-refractivity contribution < 1.29 is 17.6 Å². The van der Waals surface area contributed by atoms with Crippen LogP contribution in [0.1, 0.15) is 0 Å². The first kappa shape index (κ1) is 17.0. The number of anilines is 1. The Kier molecular flexibility index (Phi) is 4.61. The molecule has 0 bridgehead atoms. The van der Waals surface area contributed by atoms with Gasteiger partial charge in [0.15, 0.2) is 15.0 Å². The highest BCUT2D eigenvalue weighted by Gasteiger charge is 2.49. The molecule has 0 N–H and O–H groups in total. The number of amidine groups is 1. The molecule has 10 heteroatoms. The number of alkyl halides is 1. The van der Waals surface area contributed by atoms with Crippen molar-refractivity contribution in [2.24, 2.45) is 4.99 Å². The summed E-state index contributed by atoms with van der Waals surface area (Å²) in [6.07, 6.45) is 0. The molecule has 2 saturated heterocycles. The number of hydrogen-bond donors (Lipinski definition) is 0. The summed E-state index contributed by atoms with van der Waals surface area (Å²) in [6.45, 7) is 0. The third-order valence-electron chi connectivity index (χ3n) is 3.58. The Balaban J connectivity index is 2.04. The minimum absolute atomic E-state index is 0.00297. The Morgan fingerprint density at radius 1 is 1.43 bits per heavy atom. The van der Waals surface area contributed by atoms with Crippen LogP contribution in [0.4, 0.5) is 10.1 Å². The maximum atomic E-state index is 13.8. The summed E-state index contributed by atoms with van der Waals surface area (Å²) in [5.41, 5.74) is 0.408. The van der Waals surface area contributed by atoms with E-state index in [1.807, 2.05) is 0 Å². The molecule has 0 aliphatic carbocycles. The lowest BCUT2D eigenvalue weighted by atomic mass is 10.2. The average Bonchev–Trinajstić information content (AvgIpc) is 2.93. The summed E-state index contributed by atoms with van der Waals surface area (Å²) < 4.78 is 37.5. The van der Waals surface area contributed by atoms with Gasteiger partial charge in [-0.1, -0.05) is 23.4 Å². The number of fused-ring (bicyclic) bond motifs is 1. The SMILES string of the molecule is O=C(CCl)N=C1S[C@@H]2CS(=O)(=O)C[C@@H]2N1c1ccc(Cl)c(F)c1. The molecule has 2 aliphatic heterocycles. The summed E-state index contributed by atoms with van der Waals surface area (Å²) >= 11 is 12.4. The van der Waals surface area contributed by atoms with Gasteiger partial charge in [0.2, 0.25) is 0 Å². The average molecular weight is 397 g/mol. The zero-order valence-corrected chi connectivity index (χ0v) is 14.7. The fourth-order valence-electron chi connectivity index (χ4n) is 2.64. The standard InChI is InChI=1S/C13H11Cl2FN2O3S2/c14-4-12(19)17-13-18(7-1-2-8(15)9(16)3-7)10-5-23(20,21)6-11(10)22-13/h1-3,10-11H,4-6H2/t10-,11+/m0/s1. The van der Waals surface area contributed by atoms with E-state index >= 15 is 0 Å². The van der Waals surface area contributed by atoms with Crippen LogP contribution >= 0.6 is 35.0 Å². The Morgan fingerprint density at radius 3 is 2.83 bits per heavy atom. The highest BCUT2D eigenvalue weighted by atomic mass is 35.5. The number of thioether (sulfide) groups is 1. The first-order valence-electron chi connectivity index (χ1n) is 6.59. The summed E-state index contributed by atoms with van der Waals surface area (Å²) in [7, 11) is -3.17. The lowest BCUT2D eigenvalue weighted by molar-refractivity contribution is -0.115. The maximum Gasteiger partial charge on any atom is 0.262 e. The number of halogens is 3. The lowest BCUT2D eigenvalue weighted by Gasteiger charge is -2.24. The predicted octanol–water partition coefficient (Wildman–Crippen LogP) is 2.32. The molecule has 2 heterocycles. The van der Waals surface area contributed by atoms with Gasteiger partial charge in [0, 0.05) is 10.9 Å². The second kappa shape index (κ2) is 6.23. The summed E-state index contributed by atoms with van der Waals surface area (Å²) in [5, 5.41) is 0.0504. The van der Waals surface area contributed by atoms with E-state index < -0.39 is 27.6 Å². The van der Waals surface area contributed by atoms with Crippen LogP contribution in [0.25, 0.3) is 0 Å². The molecular weight excluding hydrogens is 386 g/mol. The van der Waals surface area contributed by atoms with E-state index in [9.17, 15) is 17.6 Å². The Bertz CT molecular complexity index is 800. The highest BCUT2D eigenvalue weighted by molar-refractivity contribution is 8.16. The topological polar surface area (TPSA) is 66.8 Å². The number of carbonyl (C=O) groups excluding carboxylic acids is 1. The number of benzene rings is 1. The fourth-order valence-corrected chi connectivity index (χ4v) is 6.75. The van der Waals surface area contributed by atoms with E-state index in [1.165, 1.54) is 23.9 Å². The van der Waals surface area contributed by atoms with E-state index in [2.05, 4.69) is 4.99 Å². The first-order valence-corrected chi connectivity index (χ1v) is 10.2. The van der Waals surface area contributed by atoms with E-state index in [0.29, 0.717) is 10.9 Å². The van der Waals surface area contributed by atoms with Crippen molar-refractivity contribution in [3.63, 3.8) is 0 Å². The minimum atomic E-state index is -3.17. The number of nitrogens with zero attached hydrogens (tertiary/aromatic N) is 2. The van der Waals surface area contributed by atoms with E-state index in [4.69, 9.17) is 23.2 Å². The van der Waals surface area contributed by atoms with Crippen LogP contribution in [0.5, 0.6) is 0 Å². The molecule has 3 rings (SSSR count). The van der Waals surface area contributed by atoms with Gasteiger partial charge >= 0.3 is 0 Å². The third kappa shape index (κ3) is 3.35. The fraction of sp³-hybridized carbons (Fsp3) is 0.385. The van der Waals surface area contributed by atoms with Gasteiger partial charge < -0.3 is 4.90 Å². The van der Waals surface area contributed by atoms with E-state index in [1.54, 1.807) is 11.0 Å². The van der Waals surface area contributed by atoms with Crippen LogP contribution in [0.15, 0.2) is 23.2 Å². The van der Waals surface area contributed by atoms with Crippen LogP contribution < -0.4 is 4.90 Å². The number of hydrogen-bond acceptors (Lipinski definition) is 4. The van der Waals surface area contributed by atoms with Crippen LogP contribution in [0, 0.1) is 5.82 Å². The van der Waals surface area contributed by atoms with Crippen molar-refractivity contribution in [1.29, 1.82) is 0 Å². The zero-order chi connectivity index (χ0) is 16.8. The molecule has 2 atom stereocenters. The van der Waals surface area contributed by atoms with Crippen molar-refractivity contribution in [2.75, 3.05) is 22.3 Å². The van der Waals surface area contributed by atoms with Crippen molar-refractivity contribution in [2.45, 2.75) is 11.3 Å². The first-order chi connectivity index (χ1) is 10.8. The van der Waals surface area contributed by atoms with Crippen molar-refractivity contribution in [3.05, 3.63) is 29.0 Å². The Labute approximate surface area is 146 Å². The molecule has 1 aromatic rings. The molecule has 0 spiro atoms. The van der Waals surface area contributed by atoms with Crippen LogP contribution in [-0.2, 0) is 14.6 Å². The van der Waals surface area contributed by atoms with Gasteiger partial charge in [-0.25, -0.2) is 12.8 Å². The normalized spacial score (nSPS) is 27.4. The number of rotatable bonds is 2. The van der Waals surface area contributed by atoms with E-state index in [-0.39, 0.29) is 27.7 Å². The summed E-state index contributed by atoms with van der Waals surface area (Å²) in [6, 6.07) is 3.76. The van der Waals surface area contributed by atoms with Crippen LogP contribution in [0.2, 0.25) is 5.02 Å². The second-order valence-electron chi connectivity index (χ2n) is 5.19. The molecule has 2 fully saturated rings. The van der Waals surface area contributed by atoms with Gasteiger partial charge in [-0.2, -0.15) is 4.99 Å². The van der Waals surface area contributed by atoms with Crippen LogP contribution in [-0.4, -0.2) is 48.2 Å². The molecule has 124 valence electrons. The summed E-state index contributed by atoms with van der Waals surface area (Å²) in [4.78, 5) is 17.0. The smallest absolute Gasteiger partial charge is 0.262 e. The molecule has 0 aromatic heterocycles. The zero-order valence-electron chi connectivity index (χ0n) is 11.6. The van der Waals surface area contributed by atoms with Gasteiger partial charge in [0.25, 0.3) is 5.91 Å². The maximum absolute atomic E-state index is 13.8. The van der Waals surface area contributed by atoms with Gasteiger partial charge in [-0.3, -0.25) is 4.79 Å². The lowest BCUT2D eigenvalue weighted by Crippen LogP contribution is -2.37. The van der Waals surface area contributed by atoms with Gasteiger partial charge in [-0.05, 0) is 18.2 Å². The molecule has 0 unspecified atom stereocenters. The molecule has 0 saturated carbocycles. The molecule has 0 radical (unpaired) electrons. The third-order valence-corrected chi connectivity index (χ3v) is 7.33. The number of carbonyl (C=O) groups is 1. The van der Waals surface area contributed by atoms with Gasteiger partial charge in [-0.15, -0.1) is 11.6 Å². The van der Waals surface area contributed by atoms with Crippen molar-refractivity contribution >= 4 is 61.6 Å². The van der Waals surface area contributed by atoms with Crippen molar-refractivity contribution in [3.8, 4) is 0 Å². The highest BCUT2D eigenvalue weighted by Crippen LogP contribution is 2.41. The molecule has 2 aliphatic rings. The molecular formula is C13H11Cl2FN2O3S2. The summed E-state index contributed by atoms with van der Waals surface area (Å²) in [5.74, 6) is -1.50.